The Bertz CT molecular complexity index is 1060. The van der Waals surface area contributed by atoms with Crippen molar-refractivity contribution in [3.8, 4) is 0 Å². The van der Waals surface area contributed by atoms with E-state index < -0.39 is 11.8 Å². The van der Waals surface area contributed by atoms with Gasteiger partial charge in [0.05, 0.1) is 17.7 Å². The predicted octanol–water partition coefficient (Wildman–Crippen LogP) is 0.820. The standard InChI is InChI=1S/C24H24N4O5/c29-20(14-25-22(31)16-6-2-1-3-7-16)26-17-10-12-27(13-11-17)21(30)15-28-23(32)18-8-4-5-9-19(18)24(28)33/h1-9,17H,10-15H2,(H,25,31)(H,26,29). The van der Waals surface area contributed by atoms with Crippen LogP contribution in [0, 0.1) is 0 Å². The first-order chi connectivity index (χ1) is 15.9. The highest BCUT2D eigenvalue weighted by Crippen LogP contribution is 2.22. The van der Waals surface area contributed by atoms with Crippen molar-refractivity contribution in [2.24, 2.45) is 0 Å². The van der Waals surface area contributed by atoms with E-state index in [1.807, 2.05) is 0 Å². The number of rotatable bonds is 6. The van der Waals surface area contributed by atoms with E-state index in [0.29, 0.717) is 42.6 Å². The molecule has 0 aliphatic carbocycles. The van der Waals surface area contributed by atoms with Gasteiger partial charge in [-0.1, -0.05) is 30.3 Å². The maximum atomic E-state index is 12.7. The van der Waals surface area contributed by atoms with Gasteiger partial charge in [-0.05, 0) is 37.1 Å². The van der Waals surface area contributed by atoms with E-state index in [2.05, 4.69) is 10.6 Å². The molecule has 0 atom stereocenters. The number of nitrogens with one attached hydrogen (secondary N) is 2. The molecule has 2 N–H and O–H groups in total. The number of piperidine rings is 1. The van der Waals surface area contributed by atoms with Crippen LogP contribution in [0.25, 0.3) is 0 Å². The van der Waals surface area contributed by atoms with Crippen molar-refractivity contribution in [1.82, 2.24) is 20.4 Å². The van der Waals surface area contributed by atoms with Crippen molar-refractivity contribution in [3.05, 3.63) is 71.3 Å². The highest BCUT2D eigenvalue weighted by molar-refractivity contribution is 6.22. The molecule has 0 spiro atoms. The summed E-state index contributed by atoms with van der Waals surface area (Å²) < 4.78 is 0. The molecule has 2 aromatic rings. The van der Waals surface area contributed by atoms with Crippen molar-refractivity contribution in [1.29, 1.82) is 0 Å². The maximum absolute atomic E-state index is 12.7. The Hall–Kier alpha value is -4.01. The number of likely N-dealkylation sites (tertiary alicyclic amines) is 1. The van der Waals surface area contributed by atoms with Gasteiger partial charge in [0.25, 0.3) is 17.7 Å². The first-order valence-corrected chi connectivity index (χ1v) is 10.8. The van der Waals surface area contributed by atoms with Crippen LogP contribution in [0.3, 0.4) is 0 Å². The Morgan fingerprint density at radius 2 is 1.42 bits per heavy atom. The molecule has 2 aliphatic heterocycles. The third kappa shape index (κ3) is 4.92. The van der Waals surface area contributed by atoms with Gasteiger partial charge in [-0.3, -0.25) is 28.9 Å². The number of hydrogen-bond donors (Lipinski definition) is 2. The lowest BCUT2D eigenvalue weighted by Crippen LogP contribution is -2.50. The number of carbonyl (C=O) groups excluding carboxylic acids is 5. The molecule has 1 fully saturated rings. The number of imide groups is 1. The Kier molecular flexibility index (Phi) is 6.48. The SMILES string of the molecule is O=C(CNC(=O)c1ccccc1)NC1CCN(C(=O)CN2C(=O)c3ccccc3C2=O)CC1. The van der Waals surface area contributed by atoms with E-state index in [4.69, 9.17) is 0 Å². The quantitative estimate of drug-likeness (QED) is 0.635. The number of fused-ring (bicyclic) bond motifs is 1. The van der Waals surface area contributed by atoms with E-state index in [1.54, 1.807) is 59.5 Å². The van der Waals surface area contributed by atoms with Gasteiger partial charge < -0.3 is 15.5 Å². The van der Waals surface area contributed by atoms with Crippen molar-refractivity contribution < 1.29 is 24.0 Å². The van der Waals surface area contributed by atoms with Crippen LogP contribution in [0.15, 0.2) is 54.6 Å². The predicted molar refractivity (Wildman–Crippen MR) is 118 cm³/mol. The smallest absolute Gasteiger partial charge is 0.262 e. The van der Waals surface area contributed by atoms with E-state index in [0.717, 1.165) is 4.90 Å². The van der Waals surface area contributed by atoms with Crippen LogP contribution in [0.4, 0.5) is 0 Å². The Morgan fingerprint density at radius 1 is 0.848 bits per heavy atom. The van der Waals surface area contributed by atoms with E-state index in [9.17, 15) is 24.0 Å². The molecule has 0 radical (unpaired) electrons. The maximum Gasteiger partial charge on any atom is 0.262 e. The third-order valence-electron chi connectivity index (χ3n) is 5.83. The molecule has 9 nitrogen and oxygen atoms in total. The zero-order chi connectivity index (χ0) is 23.4. The second-order valence-corrected chi connectivity index (χ2v) is 8.01. The van der Waals surface area contributed by atoms with Gasteiger partial charge in [0.2, 0.25) is 11.8 Å². The van der Waals surface area contributed by atoms with Crippen LogP contribution in [0.1, 0.15) is 43.9 Å². The zero-order valence-corrected chi connectivity index (χ0v) is 18.0. The lowest BCUT2D eigenvalue weighted by Gasteiger charge is -2.33. The van der Waals surface area contributed by atoms with Crippen LogP contribution in [-0.2, 0) is 9.59 Å². The average molecular weight is 448 g/mol. The van der Waals surface area contributed by atoms with Gasteiger partial charge in [0, 0.05) is 24.7 Å². The van der Waals surface area contributed by atoms with Gasteiger partial charge in [0.15, 0.2) is 0 Å². The van der Waals surface area contributed by atoms with E-state index in [-0.39, 0.29) is 36.9 Å². The molecule has 0 unspecified atom stereocenters. The molecule has 2 aliphatic rings. The fraction of sp³-hybridized carbons (Fsp3) is 0.292. The minimum absolute atomic E-state index is 0.116. The Balaban J connectivity index is 1.21. The first-order valence-electron chi connectivity index (χ1n) is 10.8. The molecule has 5 amide bonds. The van der Waals surface area contributed by atoms with Gasteiger partial charge in [0.1, 0.15) is 6.54 Å². The number of hydrogen-bond acceptors (Lipinski definition) is 5. The molecule has 0 aromatic heterocycles. The first kappa shape index (κ1) is 22.2. The van der Waals surface area contributed by atoms with Crippen molar-refractivity contribution in [2.75, 3.05) is 26.2 Å². The third-order valence-corrected chi connectivity index (χ3v) is 5.83. The molecule has 170 valence electrons. The van der Waals surface area contributed by atoms with Crippen LogP contribution in [0.5, 0.6) is 0 Å². The van der Waals surface area contributed by atoms with E-state index in [1.165, 1.54) is 0 Å². The summed E-state index contributed by atoms with van der Waals surface area (Å²) in [7, 11) is 0. The molecule has 0 bridgehead atoms. The summed E-state index contributed by atoms with van der Waals surface area (Å²) >= 11 is 0. The normalized spacial score (nSPS) is 15.9. The van der Waals surface area contributed by atoms with Crippen molar-refractivity contribution >= 4 is 29.5 Å². The highest BCUT2D eigenvalue weighted by Gasteiger charge is 2.37. The van der Waals surface area contributed by atoms with Crippen molar-refractivity contribution in [3.63, 3.8) is 0 Å². The lowest BCUT2D eigenvalue weighted by molar-refractivity contribution is -0.132. The van der Waals surface area contributed by atoms with Crippen LogP contribution < -0.4 is 10.6 Å². The van der Waals surface area contributed by atoms with Crippen LogP contribution in [0.2, 0.25) is 0 Å². The molecule has 4 rings (SSSR count). The summed E-state index contributed by atoms with van der Waals surface area (Å²) in [4.78, 5) is 64.4. The summed E-state index contributed by atoms with van der Waals surface area (Å²) in [5.41, 5.74) is 1.11. The van der Waals surface area contributed by atoms with Gasteiger partial charge >= 0.3 is 0 Å². The molecule has 33 heavy (non-hydrogen) atoms. The molecule has 2 heterocycles. The molecule has 9 heteroatoms. The second-order valence-electron chi connectivity index (χ2n) is 8.01. The average Bonchev–Trinajstić information content (AvgIpc) is 3.08. The number of carbonyl (C=O) groups is 5. The summed E-state index contributed by atoms with van der Waals surface area (Å²) in [6.07, 6.45) is 1.10. The summed E-state index contributed by atoms with van der Waals surface area (Å²) in [5.74, 6) is -1.83. The second kappa shape index (κ2) is 9.64. The molecule has 0 saturated carbocycles. The van der Waals surface area contributed by atoms with Crippen molar-refractivity contribution in [2.45, 2.75) is 18.9 Å². The Labute approximate surface area is 190 Å². The highest BCUT2D eigenvalue weighted by atomic mass is 16.2. The van der Waals surface area contributed by atoms with Gasteiger partial charge in [-0.2, -0.15) is 0 Å². The number of benzene rings is 2. The lowest BCUT2D eigenvalue weighted by atomic mass is 10.0. The number of nitrogens with zero attached hydrogens (tertiary/aromatic N) is 2. The molecule has 1 saturated heterocycles. The topological polar surface area (TPSA) is 116 Å². The summed E-state index contributed by atoms with van der Waals surface area (Å²) in [5, 5.41) is 5.46. The zero-order valence-electron chi connectivity index (χ0n) is 18.0. The molecular weight excluding hydrogens is 424 g/mol. The van der Waals surface area contributed by atoms with E-state index >= 15 is 0 Å². The van der Waals surface area contributed by atoms with Gasteiger partial charge in [-0.15, -0.1) is 0 Å². The van der Waals surface area contributed by atoms with Crippen LogP contribution >= 0.6 is 0 Å². The fourth-order valence-electron chi connectivity index (χ4n) is 4.02. The molecular formula is C24H24N4O5. The summed E-state index contributed by atoms with van der Waals surface area (Å²) in [6, 6.07) is 15.0. The fourth-order valence-corrected chi connectivity index (χ4v) is 4.02. The molecule has 2 aromatic carbocycles. The minimum atomic E-state index is -0.455. The Morgan fingerprint density at radius 3 is 2.03 bits per heavy atom. The summed E-state index contributed by atoms with van der Waals surface area (Å²) in [6.45, 7) is 0.383. The monoisotopic (exact) mass is 448 g/mol. The van der Waals surface area contributed by atoms with Crippen LogP contribution in [-0.4, -0.2) is 71.6 Å². The number of amides is 5. The largest absolute Gasteiger partial charge is 0.352 e. The van der Waals surface area contributed by atoms with Gasteiger partial charge in [-0.25, -0.2) is 0 Å². The minimum Gasteiger partial charge on any atom is -0.352 e.